The number of aryl methyl sites for hydroxylation is 2. The van der Waals surface area contributed by atoms with Crippen molar-refractivity contribution in [2.75, 3.05) is 13.3 Å². The average Bonchev–Trinajstić information content (AvgIpc) is 3.35. The van der Waals surface area contributed by atoms with Gasteiger partial charge in [-0.3, -0.25) is 9.59 Å². The molecule has 0 fully saturated rings. The first-order chi connectivity index (χ1) is 16.4. The Morgan fingerprint density at radius 1 is 1.29 bits per heavy atom. The zero-order valence-electron chi connectivity index (χ0n) is 20.8. The van der Waals surface area contributed by atoms with Crippen molar-refractivity contribution in [3.05, 3.63) is 57.8 Å². The monoisotopic (exact) mass is 512 g/mol. The number of H-pyrrole nitrogens is 1. The zero-order valence-corrected chi connectivity index (χ0v) is 22.6. The van der Waals surface area contributed by atoms with Crippen LogP contribution in [0.4, 0.5) is 0 Å². The van der Waals surface area contributed by atoms with E-state index in [1.807, 2.05) is 39.8 Å². The van der Waals surface area contributed by atoms with Crippen LogP contribution >= 0.6 is 18.5 Å². The van der Waals surface area contributed by atoms with Crippen molar-refractivity contribution in [3.8, 4) is 22.1 Å². The molecule has 35 heavy (non-hydrogen) atoms. The van der Waals surface area contributed by atoms with Crippen molar-refractivity contribution in [2.24, 2.45) is 7.05 Å². The predicted octanol–water partition coefficient (Wildman–Crippen LogP) is 4.79. The summed E-state index contributed by atoms with van der Waals surface area (Å²) in [6.07, 6.45) is 3.39. The average molecular weight is 513 g/mol. The first kappa shape index (κ1) is 24.9. The quantitative estimate of drug-likeness (QED) is 0.362. The highest BCUT2D eigenvalue weighted by Crippen LogP contribution is 2.49. The first-order valence-electron chi connectivity index (χ1n) is 11.2. The molecule has 0 aromatic carbocycles. The molecule has 0 atom stereocenters. The number of amides is 1. The van der Waals surface area contributed by atoms with Crippen LogP contribution in [0.5, 0.6) is 11.6 Å². The van der Waals surface area contributed by atoms with E-state index in [1.54, 1.807) is 38.8 Å². The lowest BCUT2D eigenvalue weighted by molar-refractivity contribution is 0.0939. The fourth-order valence-corrected chi connectivity index (χ4v) is 7.01. The largest absolute Gasteiger partial charge is 0.437 e. The Balaban J connectivity index is 2.00. The van der Waals surface area contributed by atoms with E-state index >= 15 is 0 Å². The molecule has 4 heterocycles. The standard InChI is InChI=1S/C25H29N4O4PS/c1-13(2)27-22(30)18-11-16-17(12-29(5)24(31)19(16)28-18)21-20(15(4)25(35-21)34(6,7)32)33-23-14(3)9-8-10-26-23/h8-13,28H,1-7H3,(H,27,30). The molecule has 2 N–H and O–H groups in total. The summed E-state index contributed by atoms with van der Waals surface area (Å²) in [6, 6.07) is 5.38. The lowest BCUT2D eigenvalue weighted by atomic mass is 10.1. The molecule has 0 bridgehead atoms. The Bertz CT molecular complexity index is 1560. The van der Waals surface area contributed by atoms with E-state index in [9.17, 15) is 14.2 Å². The molecule has 184 valence electrons. The van der Waals surface area contributed by atoms with Crippen LogP contribution in [-0.4, -0.2) is 39.8 Å². The number of fused-ring (bicyclic) bond motifs is 1. The van der Waals surface area contributed by atoms with E-state index in [1.165, 1.54) is 15.9 Å². The molecule has 4 aromatic rings. The zero-order chi connectivity index (χ0) is 25.7. The molecule has 0 aliphatic heterocycles. The molecule has 1 amide bonds. The van der Waals surface area contributed by atoms with Gasteiger partial charge in [0.2, 0.25) is 5.88 Å². The number of hydrogen-bond donors (Lipinski definition) is 2. The van der Waals surface area contributed by atoms with E-state index in [-0.39, 0.29) is 17.5 Å². The van der Waals surface area contributed by atoms with Crippen LogP contribution in [0.3, 0.4) is 0 Å². The van der Waals surface area contributed by atoms with Crippen LogP contribution in [0.25, 0.3) is 21.3 Å². The second-order valence-electron chi connectivity index (χ2n) is 9.33. The smallest absolute Gasteiger partial charge is 0.274 e. The van der Waals surface area contributed by atoms with Gasteiger partial charge in [-0.15, -0.1) is 11.3 Å². The summed E-state index contributed by atoms with van der Waals surface area (Å²) in [5.74, 6) is 0.708. The summed E-state index contributed by atoms with van der Waals surface area (Å²) in [5.41, 5.74) is 2.72. The summed E-state index contributed by atoms with van der Waals surface area (Å²) < 4.78 is 21.7. The number of carbonyl (C=O) groups is 1. The number of hydrogen-bond acceptors (Lipinski definition) is 6. The Kier molecular flexibility index (Phi) is 6.51. The van der Waals surface area contributed by atoms with E-state index in [0.29, 0.717) is 33.8 Å². The number of nitrogens with zero attached hydrogens (tertiary/aromatic N) is 2. The second-order valence-corrected chi connectivity index (χ2v) is 13.8. The predicted molar refractivity (Wildman–Crippen MR) is 142 cm³/mol. The first-order valence-corrected chi connectivity index (χ1v) is 14.6. The summed E-state index contributed by atoms with van der Waals surface area (Å²) in [4.78, 5) is 33.7. The Labute approximate surface area is 207 Å². The number of aromatic amines is 1. The number of rotatable bonds is 6. The fourth-order valence-electron chi connectivity index (χ4n) is 3.95. The number of nitrogens with one attached hydrogen (secondary N) is 2. The van der Waals surface area contributed by atoms with Gasteiger partial charge in [-0.25, -0.2) is 4.98 Å². The maximum Gasteiger partial charge on any atom is 0.274 e. The third-order valence-corrected chi connectivity index (χ3v) is 9.60. The molecular formula is C25H29N4O4PS. The molecule has 4 rings (SSSR count). The Hall–Kier alpha value is -3.16. The third kappa shape index (κ3) is 4.70. The van der Waals surface area contributed by atoms with E-state index in [2.05, 4.69) is 15.3 Å². The van der Waals surface area contributed by atoms with Gasteiger partial charge in [-0.05, 0) is 53.2 Å². The molecule has 0 spiro atoms. The molecule has 0 saturated carbocycles. The van der Waals surface area contributed by atoms with Gasteiger partial charge in [0.05, 0.1) is 9.50 Å². The highest BCUT2D eigenvalue weighted by Gasteiger charge is 2.28. The number of ether oxygens (including phenoxy) is 1. The van der Waals surface area contributed by atoms with Gasteiger partial charge in [0.25, 0.3) is 11.5 Å². The maximum absolute atomic E-state index is 13.2. The van der Waals surface area contributed by atoms with Crippen LogP contribution in [-0.2, 0) is 11.6 Å². The number of pyridine rings is 2. The number of aromatic nitrogens is 3. The molecule has 0 aliphatic rings. The molecule has 10 heteroatoms. The van der Waals surface area contributed by atoms with Crippen molar-refractivity contribution >= 4 is 39.9 Å². The summed E-state index contributed by atoms with van der Waals surface area (Å²) in [7, 11) is -0.967. The minimum Gasteiger partial charge on any atom is -0.437 e. The van der Waals surface area contributed by atoms with Gasteiger partial charge in [0.15, 0.2) is 5.75 Å². The topological polar surface area (TPSA) is 106 Å². The minimum absolute atomic E-state index is 0.0522. The van der Waals surface area contributed by atoms with Gasteiger partial charge < -0.3 is 24.2 Å². The summed E-state index contributed by atoms with van der Waals surface area (Å²) >= 11 is 1.38. The molecule has 4 aromatic heterocycles. The van der Waals surface area contributed by atoms with Gasteiger partial charge >= 0.3 is 0 Å². The highest BCUT2D eigenvalue weighted by molar-refractivity contribution is 7.76. The third-order valence-electron chi connectivity index (χ3n) is 5.59. The van der Waals surface area contributed by atoms with E-state index in [0.717, 1.165) is 20.6 Å². The normalized spacial score (nSPS) is 11.9. The fraction of sp³-hybridized carbons (Fsp3) is 0.320. The van der Waals surface area contributed by atoms with E-state index < -0.39 is 7.14 Å². The molecule has 0 saturated heterocycles. The van der Waals surface area contributed by atoms with Crippen molar-refractivity contribution < 1.29 is 14.1 Å². The van der Waals surface area contributed by atoms with Gasteiger partial charge in [-0.2, -0.15) is 0 Å². The highest BCUT2D eigenvalue weighted by atomic mass is 32.1. The number of carbonyl (C=O) groups excluding carboxylic acids is 1. The van der Waals surface area contributed by atoms with Crippen LogP contribution < -0.4 is 20.2 Å². The SMILES string of the molecule is Cc1cccnc1Oc1c(-c2cn(C)c(=O)c3[nH]c(C(=O)NC(C)C)cc23)sc(P(C)(C)=O)c1C. The summed E-state index contributed by atoms with van der Waals surface area (Å²) in [6.45, 7) is 11.0. The maximum atomic E-state index is 13.2. The minimum atomic E-state index is -2.63. The number of thiophene rings is 1. The summed E-state index contributed by atoms with van der Waals surface area (Å²) in [5, 5.41) is 3.45. The van der Waals surface area contributed by atoms with Crippen LogP contribution in [0.2, 0.25) is 0 Å². The van der Waals surface area contributed by atoms with E-state index in [4.69, 9.17) is 4.74 Å². The second kappa shape index (κ2) is 9.13. The lowest BCUT2D eigenvalue weighted by Gasteiger charge is -2.11. The van der Waals surface area contributed by atoms with Crippen molar-refractivity contribution in [2.45, 2.75) is 33.7 Å². The van der Waals surface area contributed by atoms with Crippen molar-refractivity contribution in [3.63, 3.8) is 0 Å². The van der Waals surface area contributed by atoms with Gasteiger partial charge in [-0.1, -0.05) is 6.07 Å². The van der Waals surface area contributed by atoms with Crippen molar-refractivity contribution in [1.29, 1.82) is 0 Å². The molecular weight excluding hydrogens is 483 g/mol. The van der Waals surface area contributed by atoms with Crippen molar-refractivity contribution in [1.82, 2.24) is 19.9 Å². The lowest BCUT2D eigenvalue weighted by Crippen LogP contribution is -2.30. The molecule has 0 radical (unpaired) electrons. The van der Waals surface area contributed by atoms with Crippen LogP contribution in [0.1, 0.15) is 35.5 Å². The molecule has 8 nitrogen and oxygen atoms in total. The molecule has 0 unspecified atom stereocenters. The van der Waals surface area contributed by atoms with Gasteiger partial charge in [0.1, 0.15) is 18.4 Å². The van der Waals surface area contributed by atoms with Gasteiger partial charge in [0, 0.05) is 47.6 Å². The Morgan fingerprint density at radius 2 is 2.00 bits per heavy atom. The van der Waals surface area contributed by atoms with Crippen LogP contribution in [0.15, 0.2) is 35.4 Å². The van der Waals surface area contributed by atoms with Crippen LogP contribution in [0, 0.1) is 13.8 Å². The Morgan fingerprint density at radius 3 is 2.63 bits per heavy atom. The molecule has 0 aliphatic carbocycles.